The number of halogens is 1. The lowest BCUT2D eigenvalue weighted by atomic mass is 10.0. The Morgan fingerprint density at radius 2 is 1.97 bits per heavy atom. The molecular weight excluding hydrogens is 388 g/mol. The van der Waals surface area contributed by atoms with Gasteiger partial charge in [0.2, 0.25) is 11.7 Å². The highest BCUT2D eigenvalue weighted by molar-refractivity contribution is 6.30. The van der Waals surface area contributed by atoms with Crippen molar-refractivity contribution in [2.24, 2.45) is 0 Å². The van der Waals surface area contributed by atoms with Crippen LogP contribution in [0.3, 0.4) is 0 Å². The number of rotatable bonds is 3. The van der Waals surface area contributed by atoms with Crippen molar-refractivity contribution >= 4 is 23.3 Å². The molecule has 0 bridgehead atoms. The van der Waals surface area contributed by atoms with E-state index in [0.29, 0.717) is 23.3 Å². The molecule has 0 radical (unpaired) electrons. The summed E-state index contributed by atoms with van der Waals surface area (Å²) >= 11 is 5.95. The van der Waals surface area contributed by atoms with E-state index in [9.17, 15) is 4.79 Å². The Hall–Kier alpha value is -2.86. The summed E-state index contributed by atoms with van der Waals surface area (Å²) in [7, 11) is 0. The maximum Gasteiger partial charge on any atom is 0.322 e. The number of piperidine rings is 1. The van der Waals surface area contributed by atoms with E-state index < -0.39 is 0 Å². The normalized spacial score (nSPS) is 16.7. The van der Waals surface area contributed by atoms with Crippen LogP contribution in [-0.4, -0.2) is 27.6 Å². The van der Waals surface area contributed by atoms with Gasteiger partial charge in [-0.15, -0.1) is 0 Å². The van der Waals surface area contributed by atoms with Gasteiger partial charge in [0.05, 0.1) is 0 Å². The van der Waals surface area contributed by atoms with Gasteiger partial charge in [0.25, 0.3) is 0 Å². The number of likely N-dealkylation sites (tertiary alicyclic amines) is 1. The number of hydrogen-bond acceptors (Lipinski definition) is 4. The first kappa shape index (κ1) is 19.5. The second-order valence-electron chi connectivity index (χ2n) is 7.35. The standard InChI is InChI=1S/C22H23ClN4O2/c1-14-6-5-7-18(15(14)2)24-22(28)27-13-4-3-8-19(27)21-25-20(26-29-21)16-9-11-17(23)12-10-16/h5-7,9-12,19H,3-4,8,13H2,1-2H3,(H,24,28). The fraction of sp³-hybridized carbons (Fsp3) is 0.318. The highest BCUT2D eigenvalue weighted by atomic mass is 35.5. The van der Waals surface area contributed by atoms with E-state index in [4.69, 9.17) is 16.1 Å². The van der Waals surface area contributed by atoms with E-state index in [0.717, 1.165) is 41.6 Å². The molecule has 4 rings (SSSR count). The monoisotopic (exact) mass is 410 g/mol. The highest BCUT2D eigenvalue weighted by Crippen LogP contribution is 2.32. The van der Waals surface area contributed by atoms with Crippen LogP contribution in [0.2, 0.25) is 5.02 Å². The van der Waals surface area contributed by atoms with Gasteiger partial charge in [0.15, 0.2) is 0 Å². The summed E-state index contributed by atoms with van der Waals surface area (Å²) in [4.78, 5) is 19.4. The Morgan fingerprint density at radius 1 is 1.17 bits per heavy atom. The lowest BCUT2D eigenvalue weighted by Crippen LogP contribution is -2.41. The first-order valence-electron chi connectivity index (χ1n) is 9.76. The van der Waals surface area contributed by atoms with Crippen LogP contribution in [0, 0.1) is 13.8 Å². The maximum atomic E-state index is 13.0. The quantitative estimate of drug-likeness (QED) is 0.595. The molecule has 1 N–H and O–H groups in total. The van der Waals surface area contributed by atoms with Crippen molar-refractivity contribution in [1.29, 1.82) is 0 Å². The molecule has 6 nitrogen and oxygen atoms in total. The first-order chi connectivity index (χ1) is 14.0. The number of hydrogen-bond donors (Lipinski definition) is 1. The third-order valence-electron chi connectivity index (χ3n) is 5.44. The minimum atomic E-state index is -0.234. The topological polar surface area (TPSA) is 71.3 Å². The highest BCUT2D eigenvalue weighted by Gasteiger charge is 2.32. The molecule has 1 saturated heterocycles. The van der Waals surface area contributed by atoms with Crippen LogP contribution in [0.25, 0.3) is 11.4 Å². The fourth-order valence-corrected chi connectivity index (χ4v) is 3.72. The zero-order chi connectivity index (χ0) is 20.4. The van der Waals surface area contributed by atoms with E-state index in [2.05, 4.69) is 15.5 Å². The zero-order valence-corrected chi connectivity index (χ0v) is 17.2. The number of carbonyl (C=O) groups excluding carboxylic acids is 1. The molecule has 0 aliphatic carbocycles. The molecule has 2 aromatic carbocycles. The molecule has 150 valence electrons. The van der Waals surface area contributed by atoms with Crippen molar-refractivity contribution in [3.8, 4) is 11.4 Å². The number of aromatic nitrogens is 2. The maximum absolute atomic E-state index is 13.0. The Balaban J connectivity index is 1.55. The number of amides is 2. The summed E-state index contributed by atoms with van der Waals surface area (Å²) in [5.41, 5.74) is 3.86. The molecule has 2 amide bonds. The molecule has 1 aliphatic heterocycles. The second kappa shape index (κ2) is 8.25. The molecule has 1 unspecified atom stereocenters. The molecule has 7 heteroatoms. The van der Waals surface area contributed by atoms with Gasteiger partial charge in [-0.1, -0.05) is 28.9 Å². The number of nitrogens with one attached hydrogen (secondary N) is 1. The summed E-state index contributed by atoms with van der Waals surface area (Å²) in [5.74, 6) is 0.961. The molecule has 1 atom stereocenters. The van der Waals surface area contributed by atoms with Crippen LogP contribution in [0.4, 0.5) is 10.5 Å². The third kappa shape index (κ3) is 4.12. The van der Waals surface area contributed by atoms with E-state index in [1.54, 1.807) is 17.0 Å². The smallest absolute Gasteiger partial charge is 0.322 e. The molecule has 0 spiro atoms. The Morgan fingerprint density at radius 3 is 2.76 bits per heavy atom. The fourth-order valence-electron chi connectivity index (χ4n) is 3.59. The van der Waals surface area contributed by atoms with Crippen LogP contribution in [-0.2, 0) is 0 Å². The van der Waals surface area contributed by atoms with Gasteiger partial charge in [0, 0.05) is 22.8 Å². The van der Waals surface area contributed by atoms with E-state index in [-0.39, 0.29) is 12.1 Å². The lowest BCUT2D eigenvalue weighted by molar-refractivity contribution is 0.142. The molecule has 0 saturated carbocycles. The Kier molecular flexibility index (Phi) is 5.53. The largest absolute Gasteiger partial charge is 0.337 e. The summed E-state index contributed by atoms with van der Waals surface area (Å²) in [6, 6.07) is 12.8. The minimum Gasteiger partial charge on any atom is -0.337 e. The van der Waals surface area contributed by atoms with Crippen molar-refractivity contribution in [2.75, 3.05) is 11.9 Å². The predicted octanol–water partition coefficient (Wildman–Crippen LogP) is 5.77. The van der Waals surface area contributed by atoms with Gasteiger partial charge >= 0.3 is 6.03 Å². The first-order valence-corrected chi connectivity index (χ1v) is 10.1. The van der Waals surface area contributed by atoms with Crippen molar-refractivity contribution in [1.82, 2.24) is 15.0 Å². The molecular formula is C22H23ClN4O2. The van der Waals surface area contributed by atoms with Crippen molar-refractivity contribution in [2.45, 2.75) is 39.2 Å². The SMILES string of the molecule is Cc1cccc(NC(=O)N2CCCCC2c2nc(-c3ccc(Cl)cc3)no2)c1C. The van der Waals surface area contributed by atoms with Gasteiger partial charge in [-0.25, -0.2) is 4.79 Å². The van der Waals surface area contributed by atoms with Crippen molar-refractivity contribution in [3.05, 3.63) is 64.5 Å². The average molecular weight is 411 g/mol. The molecule has 1 aliphatic rings. The number of urea groups is 1. The van der Waals surface area contributed by atoms with Crippen LogP contribution in [0.5, 0.6) is 0 Å². The van der Waals surface area contributed by atoms with E-state index >= 15 is 0 Å². The van der Waals surface area contributed by atoms with Gasteiger partial charge in [-0.3, -0.25) is 0 Å². The molecule has 1 fully saturated rings. The molecule has 1 aromatic heterocycles. The average Bonchev–Trinajstić information content (AvgIpc) is 3.22. The Labute approximate surface area is 174 Å². The predicted molar refractivity (Wildman–Crippen MR) is 113 cm³/mol. The second-order valence-corrected chi connectivity index (χ2v) is 7.78. The Bertz CT molecular complexity index is 1020. The number of carbonyl (C=O) groups is 1. The number of benzene rings is 2. The van der Waals surface area contributed by atoms with Crippen molar-refractivity contribution < 1.29 is 9.32 Å². The minimum absolute atomic E-state index is 0.144. The van der Waals surface area contributed by atoms with Crippen LogP contribution >= 0.6 is 11.6 Å². The van der Waals surface area contributed by atoms with Gasteiger partial charge in [-0.2, -0.15) is 4.98 Å². The summed E-state index contributed by atoms with van der Waals surface area (Å²) in [6.45, 7) is 4.69. The summed E-state index contributed by atoms with van der Waals surface area (Å²) in [6.07, 6.45) is 2.76. The lowest BCUT2D eigenvalue weighted by Gasteiger charge is -2.33. The van der Waals surface area contributed by atoms with Crippen molar-refractivity contribution in [3.63, 3.8) is 0 Å². The summed E-state index contributed by atoms with van der Waals surface area (Å²) in [5, 5.41) is 7.81. The molecule has 29 heavy (non-hydrogen) atoms. The molecule has 3 aromatic rings. The molecule has 2 heterocycles. The van der Waals surface area contributed by atoms with Gasteiger partial charge in [-0.05, 0) is 74.6 Å². The van der Waals surface area contributed by atoms with Crippen LogP contribution in [0.1, 0.15) is 42.3 Å². The van der Waals surface area contributed by atoms with E-state index in [1.165, 1.54) is 0 Å². The van der Waals surface area contributed by atoms with Gasteiger partial charge in [0.1, 0.15) is 6.04 Å². The van der Waals surface area contributed by atoms with Crippen LogP contribution in [0.15, 0.2) is 47.0 Å². The zero-order valence-electron chi connectivity index (χ0n) is 16.5. The summed E-state index contributed by atoms with van der Waals surface area (Å²) < 4.78 is 5.55. The number of aryl methyl sites for hydroxylation is 1. The van der Waals surface area contributed by atoms with Gasteiger partial charge < -0.3 is 14.7 Å². The third-order valence-corrected chi connectivity index (χ3v) is 5.69. The number of anilines is 1. The number of nitrogens with zero attached hydrogens (tertiary/aromatic N) is 3. The van der Waals surface area contributed by atoms with Crippen LogP contribution < -0.4 is 5.32 Å². The van der Waals surface area contributed by atoms with E-state index in [1.807, 2.05) is 44.2 Å².